The highest BCUT2D eigenvalue weighted by Gasteiger charge is 2.13. The lowest BCUT2D eigenvalue weighted by molar-refractivity contribution is -0.150. The number of aliphatic hydroxyl groups excluding tert-OH is 1. The molecule has 1 aliphatic heterocycles. The molecule has 0 aromatic rings. The van der Waals surface area contributed by atoms with E-state index in [1.807, 2.05) is 13.0 Å². The lowest BCUT2D eigenvalue weighted by atomic mass is 10.1. The number of allylic oxidation sites excluding steroid dienone is 1. The summed E-state index contributed by atoms with van der Waals surface area (Å²) in [6, 6.07) is 0. The Kier molecular flexibility index (Phi) is 3.96. The van der Waals surface area contributed by atoms with Crippen LogP contribution in [0.4, 0.5) is 0 Å². The van der Waals surface area contributed by atoms with E-state index in [1.54, 1.807) is 6.08 Å². The van der Waals surface area contributed by atoms with E-state index in [0.717, 1.165) is 19.3 Å². The van der Waals surface area contributed by atoms with Crippen molar-refractivity contribution in [3.8, 4) is 0 Å². The molecule has 0 spiro atoms. The van der Waals surface area contributed by atoms with Gasteiger partial charge in [0, 0.05) is 0 Å². The molecular weight excluding hydrogens is 168 g/mol. The molecular formula is C10H16O3. The Bertz CT molecular complexity index is 198. The van der Waals surface area contributed by atoms with E-state index < -0.39 is 6.10 Å². The van der Waals surface area contributed by atoms with Gasteiger partial charge < -0.3 is 9.84 Å². The van der Waals surface area contributed by atoms with Gasteiger partial charge in [0.25, 0.3) is 0 Å². The summed E-state index contributed by atoms with van der Waals surface area (Å²) in [7, 11) is 0. The second-order valence-electron chi connectivity index (χ2n) is 3.43. The first-order valence-corrected chi connectivity index (χ1v) is 4.72. The van der Waals surface area contributed by atoms with E-state index in [2.05, 4.69) is 0 Å². The standard InChI is InChI=1S/C10H16O3/c1-8-5-3-2-4-6-9(11)7-10(12)13-8/h4,6,8-9,11H,2-3,5,7H2,1H3. The topological polar surface area (TPSA) is 46.5 Å². The van der Waals surface area contributed by atoms with Gasteiger partial charge in [-0.05, 0) is 26.2 Å². The zero-order chi connectivity index (χ0) is 9.68. The molecule has 0 aromatic carbocycles. The zero-order valence-corrected chi connectivity index (χ0v) is 7.90. The fraction of sp³-hybridized carbons (Fsp3) is 0.700. The predicted molar refractivity (Wildman–Crippen MR) is 49.2 cm³/mol. The maximum atomic E-state index is 11.1. The summed E-state index contributed by atoms with van der Waals surface area (Å²) >= 11 is 0. The van der Waals surface area contributed by atoms with Crippen molar-refractivity contribution < 1.29 is 14.6 Å². The highest BCUT2D eigenvalue weighted by molar-refractivity contribution is 5.70. The maximum absolute atomic E-state index is 11.1. The van der Waals surface area contributed by atoms with Gasteiger partial charge in [0.2, 0.25) is 0 Å². The Morgan fingerprint density at radius 3 is 3.15 bits per heavy atom. The number of aliphatic hydroxyl groups is 1. The van der Waals surface area contributed by atoms with Gasteiger partial charge in [-0.3, -0.25) is 4.79 Å². The van der Waals surface area contributed by atoms with Gasteiger partial charge in [-0.15, -0.1) is 0 Å². The molecule has 3 heteroatoms. The first-order valence-electron chi connectivity index (χ1n) is 4.72. The number of hydrogen-bond donors (Lipinski definition) is 1. The second kappa shape index (κ2) is 5.02. The Labute approximate surface area is 78.4 Å². The maximum Gasteiger partial charge on any atom is 0.309 e. The van der Waals surface area contributed by atoms with E-state index in [9.17, 15) is 9.90 Å². The van der Waals surface area contributed by atoms with Gasteiger partial charge in [-0.25, -0.2) is 0 Å². The molecule has 0 aliphatic carbocycles. The average molecular weight is 184 g/mol. The number of esters is 1. The van der Waals surface area contributed by atoms with Crippen molar-refractivity contribution in [3.05, 3.63) is 12.2 Å². The highest BCUT2D eigenvalue weighted by atomic mass is 16.5. The molecule has 0 saturated carbocycles. The van der Waals surface area contributed by atoms with Crippen LogP contribution in [-0.4, -0.2) is 23.3 Å². The Balaban J connectivity index is 2.51. The zero-order valence-electron chi connectivity index (χ0n) is 7.90. The third kappa shape index (κ3) is 4.08. The summed E-state index contributed by atoms with van der Waals surface area (Å²) in [6.45, 7) is 1.88. The van der Waals surface area contributed by atoms with Gasteiger partial charge in [0.1, 0.15) is 0 Å². The second-order valence-corrected chi connectivity index (χ2v) is 3.43. The normalized spacial score (nSPS) is 31.1. The molecule has 0 bridgehead atoms. The minimum atomic E-state index is -0.683. The molecule has 0 aromatic heterocycles. The third-order valence-corrected chi connectivity index (χ3v) is 2.05. The van der Waals surface area contributed by atoms with Crippen molar-refractivity contribution in [1.29, 1.82) is 0 Å². The monoisotopic (exact) mass is 184 g/mol. The number of carbonyl (C=O) groups excluding carboxylic acids is 1. The quantitative estimate of drug-likeness (QED) is 0.457. The predicted octanol–water partition coefficient (Wildman–Crippen LogP) is 1.41. The van der Waals surface area contributed by atoms with Crippen molar-refractivity contribution >= 4 is 5.97 Å². The van der Waals surface area contributed by atoms with Crippen LogP contribution in [0.5, 0.6) is 0 Å². The summed E-state index contributed by atoms with van der Waals surface area (Å²) in [5, 5.41) is 9.30. The van der Waals surface area contributed by atoms with E-state index in [1.165, 1.54) is 0 Å². The molecule has 2 atom stereocenters. The van der Waals surface area contributed by atoms with Gasteiger partial charge in [-0.2, -0.15) is 0 Å². The van der Waals surface area contributed by atoms with Crippen molar-refractivity contribution in [1.82, 2.24) is 0 Å². The molecule has 1 aliphatic rings. The molecule has 1 N–H and O–H groups in total. The molecule has 0 amide bonds. The van der Waals surface area contributed by atoms with Crippen molar-refractivity contribution in [2.45, 2.75) is 44.8 Å². The molecule has 0 fully saturated rings. The summed E-state index contributed by atoms with van der Waals surface area (Å²) in [4.78, 5) is 11.1. The first kappa shape index (κ1) is 10.3. The minimum Gasteiger partial charge on any atom is -0.463 e. The molecule has 0 saturated heterocycles. The van der Waals surface area contributed by atoms with Crippen LogP contribution in [0.1, 0.15) is 32.6 Å². The molecule has 13 heavy (non-hydrogen) atoms. The molecule has 0 radical (unpaired) electrons. The SMILES string of the molecule is CC1CCCC=CC(O)CC(=O)O1. The number of carbonyl (C=O) groups is 1. The van der Waals surface area contributed by atoms with Crippen LogP contribution >= 0.6 is 0 Å². The number of ether oxygens (including phenoxy) is 1. The largest absolute Gasteiger partial charge is 0.463 e. The van der Waals surface area contributed by atoms with Crippen LogP contribution in [0.25, 0.3) is 0 Å². The Morgan fingerprint density at radius 1 is 1.62 bits per heavy atom. The summed E-state index contributed by atoms with van der Waals surface area (Å²) < 4.78 is 5.06. The van der Waals surface area contributed by atoms with Crippen LogP contribution < -0.4 is 0 Å². The summed E-state index contributed by atoms with van der Waals surface area (Å²) in [5.41, 5.74) is 0. The van der Waals surface area contributed by atoms with Crippen molar-refractivity contribution in [3.63, 3.8) is 0 Å². The van der Waals surface area contributed by atoms with Crippen LogP contribution in [-0.2, 0) is 9.53 Å². The van der Waals surface area contributed by atoms with Crippen LogP contribution in [0.3, 0.4) is 0 Å². The summed E-state index contributed by atoms with van der Waals surface area (Å²) in [6.07, 6.45) is 5.79. The van der Waals surface area contributed by atoms with Crippen LogP contribution in [0.2, 0.25) is 0 Å². The van der Waals surface area contributed by atoms with Crippen LogP contribution in [0, 0.1) is 0 Å². The van der Waals surface area contributed by atoms with Gasteiger partial charge in [0.15, 0.2) is 0 Å². The number of hydrogen-bond acceptors (Lipinski definition) is 3. The van der Waals surface area contributed by atoms with Gasteiger partial charge in [-0.1, -0.05) is 12.2 Å². The van der Waals surface area contributed by atoms with Crippen molar-refractivity contribution in [2.75, 3.05) is 0 Å². The van der Waals surface area contributed by atoms with Crippen LogP contribution in [0.15, 0.2) is 12.2 Å². The smallest absolute Gasteiger partial charge is 0.309 e. The molecule has 1 heterocycles. The van der Waals surface area contributed by atoms with E-state index >= 15 is 0 Å². The van der Waals surface area contributed by atoms with Gasteiger partial charge >= 0.3 is 5.97 Å². The molecule has 3 nitrogen and oxygen atoms in total. The number of rotatable bonds is 0. The first-order chi connectivity index (χ1) is 6.18. The van der Waals surface area contributed by atoms with Crippen molar-refractivity contribution in [2.24, 2.45) is 0 Å². The minimum absolute atomic E-state index is 0.0220. The average Bonchev–Trinajstić information content (AvgIpc) is 2.02. The summed E-state index contributed by atoms with van der Waals surface area (Å²) in [5.74, 6) is -0.313. The third-order valence-electron chi connectivity index (χ3n) is 2.05. The Morgan fingerprint density at radius 2 is 2.38 bits per heavy atom. The highest BCUT2D eigenvalue weighted by Crippen LogP contribution is 2.10. The number of cyclic esters (lactones) is 1. The lowest BCUT2D eigenvalue weighted by Crippen LogP contribution is -2.19. The Hall–Kier alpha value is -0.830. The van der Waals surface area contributed by atoms with E-state index in [0.29, 0.717) is 0 Å². The van der Waals surface area contributed by atoms with E-state index in [4.69, 9.17) is 4.74 Å². The van der Waals surface area contributed by atoms with E-state index in [-0.39, 0.29) is 18.5 Å². The lowest BCUT2D eigenvalue weighted by Gasteiger charge is -2.15. The molecule has 2 unspecified atom stereocenters. The molecule has 1 rings (SSSR count). The van der Waals surface area contributed by atoms with Gasteiger partial charge in [0.05, 0.1) is 18.6 Å². The fourth-order valence-corrected chi connectivity index (χ4v) is 1.35. The fourth-order valence-electron chi connectivity index (χ4n) is 1.35. The molecule has 74 valence electrons.